The van der Waals surface area contributed by atoms with Crippen molar-refractivity contribution in [3.8, 4) is 11.5 Å². The number of thioether (sulfide) groups is 1. The molecule has 0 saturated carbocycles. The molecule has 162 valence electrons. The highest BCUT2D eigenvalue weighted by molar-refractivity contribution is 8.18. The van der Waals surface area contributed by atoms with Gasteiger partial charge in [0.05, 0.1) is 29.4 Å². The van der Waals surface area contributed by atoms with Crippen LogP contribution in [0, 0.1) is 0 Å². The van der Waals surface area contributed by atoms with Crippen LogP contribution in [0.3, 0.4) is 0 Å². The molecule has 0 aliphatic carbocycles. The van der Waals surface area contributed by atoms with Crippen molar-refractivity contribution in [2.45, 2.75) is 20.8 Å². The third-order valence-corrected chi connectivity index (χ3v) is 5.43. The fourth-order valence-corrected chi connectivity index (χ4v) is 4.02. The lowest BCUT2D eigenvalue weighted by Gasteiger charge is -2.12. The average Bonchev–Trinajstić information content (AvgIpc) is 3.04. The molecule has 8 heteroatoms. The molecule has 3 rings (SSSR count). The van der Waals surface area contributed by atoms with E-state index >= 15 is 0 Å². The molecule has 1 heterocycles. The molecule has 0 atom stereocenters. The van der Waals surface area contributed by atoms with Crippen molar-refractivity contribution in [3.63, 3.8) is 0 Å². The van der Waals surface area contributed by atoms with Crippen LogP contribution in [0.5, 0.6) is 11.5 Å². The van der Waals surface area contributed by atoms with Crippen molar-refractivity contribution >= 4 is 40.6 Å². The Morgan fingerprint density at radius 2 is 1.81 bits per heavy atom. The smallest absolute Gasteiger partial charge is 0.335 e. The molecule has 7 nitrogen and oxygen atoms in total. The van der Waals surface area contributed by atoms with E-state index in [-0.39, 0.29) is 11.5 Å². The van der Waals surface area contributed by atoms with Gasteiger partial charge in [-0.2, -0.15) is 0 Å². The number of carboxylic acid groups (broad SMARTS) is 1. The van der Waals surface area contributed by atoms with Crippen LogP contribution in [0.2, 0.25) is 0 Å². The molecule has 1 N–H and O–H groups in total. The summed E-state index contributed by atoms with van der Waals surface area (Å²) < 4.78 is 11.3. The van der Waals surface area contributed by atoms with E-state index in [0.29, 0.717) is 47.0 Å². The molecule has 1 saturated heterocycles. The number of aromatic carboxylic acids is 1. The van der Waals surface area contributed by atoms with Crippen molar-refractivity contribution in [3.05, 3.63) is 58.5 Å². The molecule has 0 unspecified atom stereocenters. The Kier molecular flexibility index (Phi) is 7.36. The first-order valence-corrected chi connectivity index (χ1v) is 10.8. The highest BCUT2D eigenvalue weighted by Gasteiger charge is 2.32. The highest BCUT2D eigenvalue weighted by Crippen LogP contribution is 2.36. The summed E-state index contributed by atoms with van der Waals surface area (Å²) in [4.78, 5) is 30.6. The van der Waals surface area contributed by atoms with E-state index in [0.717, 1.165) is 5.56 Å². The van der Waals surface area contributed by atoms with Crippen molar-refractivity contribution in [2.75, 3.05) is 19.8 Å². The number of likely N-dealkylation sites (N-methyl/N-ethyl adjacent to an activating group) is 1. The van der Waals surface area contributed by atoms with E-state index in [1.165, 1.54) is 23.9 Å². The molecule has 0 radical (unpaired) electrons. The summed E-state index contributed by atoms with van der Waals surface area (Å²) in [6.07, 6.45) is 1.80. The van der Waals surface area contributed by atoms with E-state index in [2.05, 4.69) is 4.99 Å². The zero-order chi connectivity index (χ0) is 22.4. The lowest BCUT2D eigenvalue weighted by Crippen LogP contribution is -2.28. The van der Waals surface area contributed by atoms with Crippen LogP contribution in [0.1, 0.15) is 36.7 Å². The monoisotopic (exact) mass is 440 g/mol. The number of nitrogens with zero attached hydrogens (tertiary/aromatic N) is 2. The van der Waals surface area contributed by atoms with Crippen LogP contribution in [-0.4, -0.2) is 46.8 Å². The van der Waals surface area contributed by atoms with E-state index in [1.54, 1.807) is 23.1 Å². The Balaban J connectivity index is 1.92. The minimum Gasteiger partial charge on any atom is -0.494 e. The van der Waals surface area contributed by atoms with Crippen molar-refractivity contribution < 1.29 is 24.2 Å². The van der Waals surface area contributed by atoms with Crippen LogP contribution in [-0.2, 0) is 4.79 Å². The number of carbonyl (C=O) groups excluding carboxylic acids is 1. The minimum atomic E-state index is -0.995. The number of benzene rings is 2. The predicted octanol–water partition coefficient (Wildman–Crippen LogP) is 4.81. The standard InChI is InChI=1S/C23H24N2O5S/c1-4-25-21(26)20(13-16-9-12-18(29-5-2)14-19(16)30-6-3)31-23(25)24-17-10-7-15(8-11-17)22(27)28/h7-14H,4-6H2,1-3H3,(H,27,28). The van der Waals surface area contributed by atoms with Gasteiger partial charge >= 0.3 is 5.97 Å². The SMILES string of the molecule is CCOc1ccc(C=C2SC(=Nc3ccc(C(=O)O)cc3)N(CC)C2=O)c(OCC)c1. The van der Waals surface area contributed by atoms with E-state index in [4.69, 9.17) is 14.6 Å². The Morgan fingerprint density at radius 3 is 2.42 bits per heavy atom. The molecule has 0 bridgehead atoms. The van der Waals surface area contributed by atoms with Gasteiger partial charge in [0.1, 0.15) is 11.5 Å². The zero-order valence-electron chi connectivity index (χ0n) is 17.6. The second-order valence-corrected chi connectivity index (χ2v) is 7.48. The summed E-state index contributed by atoms with van der Waals surface area (Å²) in [5, 5.41) is 9.59. The fraction of sp³-hybridized carbons (Fsp3) is 0.261. The number of hydrogen-bond donors (Lipinski definition) is 1. The van der Waals surface area contributed by atoms with Crippen molar-refractivity contribution in [1.82, 2.24) is 4.90 Å². The number of rotatable bonds is 8. The van der Waals surface area contributed by atoms with Crippen molar-refractivity contribution in [1.29, 1.82) is 0 Å². The van der Waals surface area contributed by atoms with Gasteiger partial charge in [-0.05, 0) is 75.0 Å². The Hall–Kier alpha value is -3.26. The van der Waals surface area contributed by atoms with Gasteiger partial charge in [-0.3, -0.25) is 9.69 Å². The molecule has 2 aromatic carbocycles. The molecule has 31 heavy (non-hydrogen) atoms. The largest absolute Gasteiger partial charge is 0.494 e. The fourth-order valence-electron chi connectivity index (χ4n) is 2.97. The summed E-state index contributed by atoms with van der Waals surface area (Å²) in [6.45, 7) is 7.22. The molecule has 1 fully saturated rings. The summed E-state index contributed by atoms with van der Waals surface area (Å²) in [7, 11) is 0. The lowest BCUT2D eigenvalue weighted by molar-refractivity contribution is -0.122. The number of carbonyl (C=O) groups is 2. The van der Waals surface area contributed by atoms with Gasteiger partial charge in [0.25, 0.3) is 5.91 Å². The predicted molar refractivity (Wildman–Crippen MR) is 122 cm³/mol. The normalized spacial score (nSPS) is 16.2. The highest BCUT2D eigenvalue weighted by atomic mass is 32.2. The molecule has 1 aliphatic heterocycles. The Morgan fingerprint density at radius 1 is 1.10 bits per heavy atom. The van der Waals surface area contributed by atoms with Gasteiger partial charge in [-0.15, -0.1) is 0 Å². The van der Waals surface area contributed by atoms with E-state index < -0.39 is 5.97 Å². The quantitative estimate of drug-likeness (QED) is 0.593. The Labute approximate surface area is 185 Å². The van der Waals surface area contributed by atoms with Crippen LogP contribution in [0.15, 0.2) is 52.4 Å². The summed E-state index contributed by atoms with van der Waals surface area (Å²) in [5.41, 5.74) is 1.55. The number of hydrogen-bond acceptors (Lipinski definition) is 6. The van der Waals surface area contributed by atoms with Gasteiger partial charge in [-0.1, -0.05) is 0 Å². The zero-order valence-corrected chi connectivity index (χ0v) is 18.4. The maximum absolute atomic E-state index is 12.9. The maximum atomic E-state index is 12.9. The summed E-state index contributed by atoms with van der Waals surface area (Å²) >= 11 is 1.28. The second kappa shape index (κ2) is 10.2. The molecule has 0 spiro atoms. The third-order valence-electron chi connectivity index (χ3n) is 4.43. The van der Waals surface area contributed by atoms with E-state index in [9.17, 15) is 9.59 Å². The molecule has 0 aromatic heterocycles. The molecule has 2 aromatic rings. The van der Waals surface area contributed by atoms with E-state index in [1.807, 2.05) is 39.0 Å². The first-order chi connectivity index (χ1) is 15.0. The number of ether oxygens (including phenoxy) is 2. The van der Waals surface area contributed by atoms with Gasteiger partial charge in [-0.25, -0.2) is 9.79 Å². The minimum absolute atomic E-state index is 0.135. The number of carboxylic acids is 1. The first kappa shape index (κ1) is 22.4. The summed E-state index contributed by atoms with van der Waals surface area (Å²) in [6, 6.07) is 11.8. The van der Waals surface area contributed by atoms with Gasteiger partial charge in [0.15, 0.2) is 5.17 Å². The molecular formula is C23H24N2O5S. The van der Waals surface area contributed by atoms with Gasteiger partial charge < -0.3 is 14.6 Å². The molecule has 1 amide bonds. The lowest BCUT2D eigenvalue weighted by atomic mass is 10.1. The molecule has 1 aliphatic rings. The number of amidine groups is 1. The van der Waals surface area contributed by atoms with Crippen LogP contribution >= 0.6 is 11.8 Å². The third kappa shape index (κ3) is 5.27. The Bertz CT molecular complexity index is 1030. The summed E-state index contributed by atoms with van der Waals surface area (Å²) in [5.74, 6) is 0.225. The second-order valence-electron chi connectivity index (χ2n) is 6.47. The maximum Gasteiger partial charge on any atom is 0.335 e. The van der Waals surface area contributed by atoms with Gasteiger partial charge in [0.2, 0.25) is 0 Å². The van der Waals surface area contributed by atoms with Crippen LogP contribution in [0.25, 0.3) is 6.08 Å². The first-order valence-electron chi connectivity index (χ1n) is 9.99. The van der Waals surface area contributed by atoms with Gasteiger partial charge in [0, 0.05) is 18.2 Å². The number of amides is 1. The topological polar surface area (TPSA) is 88.4 Å². The van der Waals surface area contributed by atoms with Crippen LogP contribution in [0.4, 0.5) is 5.69 Å². The molecular weight excluding hydrogens is 416 g/mol. The number of aliphatic imine (C=N–C) groups is 1. The van der Waals surface area contributed by atoms with Crippen molar-refractivity contribution in [2.24, 2.45) is 4.99 Å². The van der Waals surface area contributed by atoms with Crippen LogP contribution < -0.4 is 9.47 Å². The average molecular weight is 441 g/mol.